The molecule has 45 heavy (non-hydrogen) atoms. The molecule has 0 saturated heterocycles. The number of hydrogen-bond acceptors (Lipinski definition) is 3. The summed E-state index contributed by atoms with van der Waals surface area (Å²) in [5.41, 5.74) is 3.22. The zero-order valence-corrected chi connectivity index (χ0v) is 30.7. The summed E-state index contributed by atoms with van der Waals surface area (Å²) in [5.74, 6) is 0.156. The maximum atomic E-state index is 12.5. The third kappa shape index (κ3) is 36.7. The van der Waals surface area contributed by atoms with Crippen LogP contribution in [0.1, 0.15) is 174 Å². The Hall–Kier alpha value is -1.65. The van der Waals surface area contributed by atoms with Crippen LogP contribution in [0.2, 0.25) is 0 Å². The average molecular weight is 628 g/mol. The lowest BCUT2D eigenvalue weighted by molar-refractivity contribution is -0.126. The average Bonchev–Trinajstić information content (AvgIpc) is 3.03. The van der Waals surface area contributed by atoms with Crippen LogP contribution in [0.25, 0.3) is 0 Å². The van der Waals surface area contributed by atoms with E-state index in [0.29, 0.717) is 6.42 Å². The highest BCUT2D eigenvalue weighted by atomic mass is 16.2. The van der Waals surface area contributed by atoms with Gasteiger partial charge in [-0.2, -0.15) is 0 Å². The van der Waals surface area contributed by atoms with Crippen LogP contribution in [-0.4, -0.2) is 49.5 Å². The van der Waals surface area contributed by atoms with Crippen molar-refractivity contribution in [2.45, 2.75) is 174 Å². The highest BCUT2D eigenvalue weighted by Crippen LogP contribution is 2.11. The molecule has 0 atom stereocenters. The zero-order chi connectivity index (χ0) is 32.9. The van der Waals surface area contributed by atoms with Gasteiger partial charge in [-0.25, -0.2) is 5.01 Å². The van der Waals surface area contributed by atoms with E-state index >= 15 is 0 Å². The molecular formula is C41H77N3O. The van der Waals surface area contributed by atoms with Crippen LogP contribution in [0.5, 0.6) is 0 Å². The molecule has 0 unspecified atom stereocenters. The maximum absolute atomic E-state index is 12.5. The van der Waals surface area contributed by atoms with Crippen molar-refractivity contribution in [3.05, 3.63) is 48.6 Å². The summed E-state index contributed by atoms with van der Waals surface area (Å²) in [5, 5.41) is 2.21. The van der Waals surface area contributed by atoms with E-state index in [9.17, 15) is 4.79 Å². The molecule has 262 valence electrons. The monoisotopic (exact) mass is 628 g/mol. The fraction of sp³-hybridized carbons (Fsp3) is 0.780. The fourth-order valence-corrected chi connectivity index (χ4v) is 5.36. The topological polar surface area (TPSA) is 35.6 Å². The van der Waals surface area contributed by atoms with E-state index in [1.54, 1.807) is 0 Å². The SMILES string of the molecule is CCCCC/C=C\C/C=C\CCCCCCCCN(CCCCCCCC/C=C\C/C=C\CCCCC)NC(=O)CCN(C)C. The van der Waals surface area contributed by atoms with E-state index in [1.807, 2.05) is 14.1 Å². The van der Waals surface area contributed by atoms with Gasteiger partial charge in [-0.05, 0) is 91.1 Å². The van der Waals surface area contributed by atoms with Crippen LogP contribution in [0.15, 0.2) is 48.6 Å². The van der Waals surface area contributed by atoms with Crippen LogP contribution < -0.4 is 5.43 Å². The van der Waals surface area contributed by atoms with Gasteiger partial charge in [0.1, 0.15) is 0 Å². The number of nitrogens with zero attached hydrogens (tertiary/aromatic N) is 2. The van der Waals surface area contributed by atoms with Crippen LogP contribution in [0.4, 0.5) is 0 Å². The van der Waals surface area contributed by atoms with Crippen molar-refractivity contribution < 1.29 is 4.79 Å². The van der Waals surface area contributed by atoms with Gasteiger partial charge in [0.25, 0.3) is 0 Å². The molecule has 0 bridgehead atoms. The number of hydrogen-bond donors (Lipinski definition) is 1. The minimum absolute atomic E-state index is 0.156. The standard InChI is InChI=1S/C41H77N3O/c1-5-7-9-11-13-15-17-19-21-23-25-27-29-31-33-35-38-44(42-41(45)37-40-43(3)4)39-36-34-32-30-28-26-24-22-20-18-16-14-12-10-8-6-2/h13-16,19-22H,5-12,17-18,23-40H2,1-4H3,(H,42,45)/b15-13-,16-14-,21-19-,22-20-. The summed E-state index contributed by atoms with van der Waals surface area (Å²) < 4.78 is 0. The van der Waals surface area contributed by atoms with Crippen LogP contribution in [0, 0.1) is 0 Å². The molecular weight excluding hydrogens is 550 g/mol. The lowest BCUT2D eigenvalue weighted by Gasteiger charge is -2.23. The Balaban J connectivity index is 3.96. The molecule has 0 fully saturated rings. The van der Waals surface area contributed by atoms with Crippen LogP contribution >= 0.6 is 0 Å². The fourth-order valence-electron chi connectivity index (χ4n) is 5.36. The smallest absolute Gasteiger partial charge is 0.235 e. The Labute approximate surface area is 282 Å². The first-order valence-corrected chi connectivity index (χ1v) is 19.4. The Morgan fingerprint density at radius 2 is 0.822 bits per heavy atom. The van der Waals surface area contributed by atoms with Gasteiger partial charge in [0.2, 0.25) is 5.91 Å². The third-order valence-corrected chi connectivity index (χ3v) is 8.33. The van der Waals surface area contributed by atoms with Gasteiger partial charge in [-0.1, -0.05) is 140 Å². The highest BCUT2D eigenvalue weighted by molar-refractivity contribution is 5.75. The molecule has 1 amide bonds. The summed E-state index contributed by atoms with van der Waals surface area (Å²) >= 11 is 0. The van der Waals surface area contributed by atoms with E-state index in [1.165, 1.54) is 141 Å². The quantitative estimate of drug-likeness (QED) is 0.0438. The number of carbonyl (C=O) groups excluding carboxylic acids is 1. The van der Waals surface area contributed by atoms with E-state index < -0.39 is 0 Å². The highest BCUT2D eigenvalue weighted by Gasteiger charge is 2.09. The maximum Gasteiger partial charge on any atom is 0.235 e. The molecule has 4 nitrogen and oxygen atoms in total. The van der Waals surface area contributed by atoms with Crippen molar-refractivity contribution in [1.29, 1.82) is 0 Å². The molecule has 0 heterocycles. The molecule has 4 heteroatoms. The van der Waals surface area contributed by atoms with Crippen molar-refractivity contribution in [3.8, 4) is 0 Å². The van der Waals surface area contributed by atoms with Crippen molar-refractivity contribution in [2.75, 3.05) is 33.7 Å². The van der Waals surface area contributed by atoms with Crippen LogP contribution in [0.3, 0.4) is 0 Å². The third-order valence-electron chi connectivity index (χ3n) is 8.33. The Bertz CT molecular complexity index is 676. The lowest BCUT2D eigenvalue weighted by atomic mass is 10.1. The van der Waals surface area contributed by atoms with Crippen molar-refractivity contribution in [1.82, 2.24) is 15.3 Å². The number of amides is 1. The van der Waals surface area contributed by atoms with Crippen molar-refractivity contribution >= 4 is 5.91 Å². The van der Waals surface area contributed by atoms with E-state index in [4.69, 9.17) is 0 Å². The first kappa shape index (κ1) is 43.4. The summed E-state index contributed by atoms with van der Waals surface area (Å²) in [6, 6.07) is 0. The second-order valence-electron chi connectivity index (χ2n) is 13.2. The molecule has 0 rings (SSSR count). The molecule has 0 aliphatic carbocycles. The molecule has 0 saturated carbocycles. The molecule has 0 aliphatic heterocycles. The first-order valence-electron chi connectivity index (χ1n) is 19.4. The minimum Gasteiger partial charge on any atom is -0.309 e. The number of carbonyl (C=O) groups is 1. The summed E-state index contributed by atoms with van der Waals surface area (Å²) in [6.07, 6.45) is 49.7. The Morgan fingerprint density at radius 3 is 1.20 bits per heavy atom. The van der Waals surface area contributed by atoms with Crippen molar-refractivity contribution in [3.63, 3.8) is 0 Å². The summed E-state index contributed by atoms with van der Waals surface area (Å²) in [6.45, 7) is 7.27. The number of nitrogens with one attached hydrogen (secondary N) is 1. The largest absolute Gasteiger partial charge is 0.309 e. The molecule has 0 aromatic heterocycles. The van der Waals surface area contributed by atoms with E-state index in [0.717, 1.165) is 32.5 Å². The van der Waals surface area contributed by atoms with Gasteiger partial charge in [-0.3, -0.25) is 10.2 Å². The Morgan fingerprint density at radius 1 is 0.467 bits per heavy atom. The molecule has 0 aromatic rings. The minimum atomic E-state index is 0.156. The summed E-state index contributed by atoms with van der Waals surface area (Å²) in [7, 11) is 4.05. The van der Waals surface area contributed by atoms with Gasteiger partial charge in [-0.15, -0.1) is 0 Å². The van der Waals surface area contributed by atoms with E-state index in [2.05, 4.69) is 77.8 Å². The summed E-state index contributed by atoms with van der Waals surface area (Å²) in [4.78, 5) is 14.6. The first-order chi connectivity index (χ1) is 22.1. The predicted molar refractivity (Wildman–Crippen MR) is 202 cm³/mol. The van der Waals surface area contributed by atoms with Gasteiger partial charge in [0.05, 0.1) is 0 Å². The number of rotatable bonds is 34. The predicted octanol–water partition coefficient (Wildman–Crippen LogP) is 11.9. The molecule has 0 aliphatic rings. The zero-order valence-electron chi connectivity index (χ0n) is 30.7. The molecule has 1 N–H and O–H groups in total. The number of allylic oxidation sites excluding steroid dienone is 8. The van der Waals surface area contributed by atoms with Crippen LogP contribution in [-0.2, 0) is 4.79 Å². The van der Waals surface area contributed by atoms with E-state index in [-0.39, 0.29) is 5.91 Å². The van der Waals surface area contributed by atoms with Gasteiger partial charge < -0.3 is 4.90 Å². The second-order valence-corrected chi connectivity index (χ2v) is 13.2. The molecule has 0 radical (unpaired) electrons. The lowest BCUT2D eigenvalue weighted by Crippen LogP contribution is -2.44. The van der Waals surface area contributed by atoms with Gasteiger partial charge >= 0.3 is 0 Å². The second kappa shape index (κ2) is 36.8. The number of hydrazine groups is 1. The van der Waals surface area contributed by atoms with Gasteiger partial charge in [0, 0.05) is 26.1 Å². The number of unbranched alkanes of at least 4 members (excludes halogenated alkanes) is 18. The molecule has 0 aromatic carbocycles. The van der Waals surface area contributed by atoms with Crippen molar-refractivity contribution in [2.24, 2.45) is 0 Å². The molecule has 0 spiro atoms. The van der Waals surface area contributed by atoms with Gasteiger partial charge in [0.15, 0.2) is 0 Å². The normalized spacial score (nSPS) is 12.4. The Kier molecular flexibility index (Phi) is 35.5.